The molecule has 0 aliphatic rings. The number of aromatic nitrogens is 3. The molecule has 0 spiro atoms. The average molecular weight is 758 g/mol. The zero-order valence-corrected chi connectivity index (χ0v) is 28.3. The van der Waals surface area contributed by atoms with Crippen molar-refractivity contribution in [3.8, 4) is 5.75 Å². The molecule has 21 nitrogen and oxygen atoms in total. The van der Waals surface area contributed by atoms with E-state index in [-0.39, 0.29) is 78.5 Å². The minimum Gasteiger partial charge on any atom is -0.507 e. The van der Waals surface area contributed by atoms with Crippen molar-refractivity contribution in [1.82, 2.24) is 15.0 Å². The lowest BCUT2D eigenvalue weighted by Gasteiger charge is -2.21. The minimum atomic E-state index is -4.89. The smallest absolute Gasteiger partial charge is 0.296 e. The molecule has 24 heteroatoms. The van der Waals surface area contributed by atoms with Crippen LogP contribution in [-0.2, 0) is 30.4 Å². The largest absolute Gasteiger partial charge is 0.507 e. The van der Waals surface area contributed by atoms with E-state index in [1.807, 2.05) is 0 Å². The van der Waals surface area contributed by atoms with Crippen LogP contribution in [0.1, 0.15) is 0 Å². The van der Waals surface area contributed by atoms with Crippen LogP contribution in [0.25, 0.3) is 10.8 Å². The van der Waals surface area contributed by atoms with Gasteiger partial charge in [0.2, 0.25) is 17.8 Å². The highest BCUT2D eigenvalue weighted by molar-refractivity contribution is 7.86. The number of aliphatic hydroxyl groups excluding tert-OH is 2. The summed E-state index contributed by atoms with van der Waals surface area (Å²) in [6.07, 6.45) is 0. The molecule has 0 unspecified atom stereocenters. The lowest BCUT2D eigenvalue weighted by atomic mass is 10.1. The van der Waals surface area contributed by atoms with Gasteiger partial charge in [-0.15, -0.1) is 10.2 Å². The predicted octanol–water partition coefficient (Wildman–Crippen LogP) is 1.52. The molecule has 0 aliphatic heterocycles. The van der Waals surface area contributed by atoms with Crippen molar-refractivity contribution in [2.45, 2.75) is 9.79 Å². The number of aromatic hydroxyl groups is 1. The lowest BCUT2D eigenvalue weighted by Crippen LogP contribution is -2.32. The Balaban J connectivity index is 1.80. The third-order valence-electron chi connectivity index (χ3n) is 6.65. The summed E-state index contributed by atoms with van der Waals surface area (Å²) in [6.45, 7) is -1.05. The topological polar surface area (TPSA) is 327 Å². The van der Waals surface area contributed by atoms with E-state index in [4.69, 9.17) is 4.55 Å². The number of nitrogens with one attached hydrogen (secondary N) is 3. The van der Waals surface area contributed by atoms with Crippen molar-refractivity contribution in [1.29, 1.82) is 0 Å². The van der Waals surface area contributed by atoms with Crippen LogP contribution in [0.4, 0.5) is 40.6 Å². The number of phenols is 1. The van der Waals surface area contributed by atoms with E-state index in [2.05, 4.69) is 41.1 Å². The number of hydrogen-bond donors (Lipinski definition) is 9. The van der Waals surface area contributed by atoms with Gasteiger partial charge in [-0.05, 0) is 35.7 Å². The van der Waals surface area contributed by atoms with Gasteiger partial charge in [0.05, 0.1) is 34.9 Å². The zero-order chi connectivity index (χ0) is 36.9. The number of phenolic OH excluding ortho intramolecular Hbond substituents is 1. The first-order chi connectivity index (χ1) is 23.4. The number of anilines is 5. The van der Waals surface area contributed by atoms with Crippen molar-refractivity contribution >= 4 is 81.7 Å². The number of rotatable bonds is 16. The summed E-state index contributed by atoms with van der Waals surface area (Å²) >= 11 is 0. The number of fused-ring (bicyclic) bond motifs is 1. The zero-order valence-electron chi connectivity index (χ0n) is 25.8. The van der Waals surface area contributed by atoms with Crippen LogP contribution in [0, 0.1) is 0 Å². The van der Waals surface area contributed by atoms with Crippen LogP contribution in [0.2, 0.25) is 0 Å². The maximum absolute atomic E-state index is 12.3. The Labute approximate surface area is 285 Å². The van der Waals surface area contributed by atoms with Crippen molar-refractivity contribution in [2.24, 2.45) is 10.2 Å². The third kappa shape index (κ3) is 9.66. The van der Waals surface area contributed by atoms with Crippen LogP contribution < -0.4 is 20.9 Å². The number of benzene rings is 3. The van der Waals surface area contributed by atoms with Gasteiger partial charge >= 0.3 is 0 Å². The number of azo groups is 1. The Kier molecular flexibility index (Phi) is 11.7. The Morgan fingerprint density at radius 3 is 2.10 bits per heavy atom. The molecule has 0 saturated heterocycles. The van der Waals surface area contributed by atoms with Gasteiger partial charge in [0.25, 0.3) is 30.4 Å². The summed E-state index contributed by atoms with van der Waals surface area (Å²) in [5.41, 5.74) is -0.148. The molecule has 0 fully saturated rings. The van der Waals surface area contributed by atoms with E-state index in [0.29, 0.717) is 0 Å². The summed E-state index contributed by atoms with van der Waals surface area (Å²) in [5, 5.41) is 46.1. The molecule has 4 rings (SSSR count). The molecule has 0 aliphatic carbocycles. The fourth-order valence-electron chi connectivity index (χ4n) is 4.46. The minimum absolute atomic E-state index is 0.0160. The fraction of sp³-hybridized carbons (Fsp3) is 0.269. The quantitative estimate of drug-likeness (QED) is 0.0577. The summed E-state index contributed by atoms with van der Waals surface area (Å²) in [5.74, 6) is -1.73. The molecule has 50 heavy (non-hydrogen) atoms. The fourth-order valence-corrected chi connectivity index (χ4v) is 5.96. The SMILES string of the molecule is CNc1ccc2cc(S(=O)(=O)O)cc(O)c2c1N=Nc1cc(Nc2nc(NCCS(=O)(=O)O)nc(N(CCO)CCO)n2)ccc1S(=O)(=O)O. The van der Waals surface area contributed by atoms with E-state index in [1.54, 1.807) is 0 Å². The number of aliphatic hydroxyl groups is 2. The molecule has 9 N–H and O–H groups in total. The molecular weight excluding hydrogens is 727 g/mol. The predicted molar refractivity (Wildman–Crippen MR) is 180 cm³/mol. The van der Waals surface area contributed by atoms with E-state index >= 15 is 0 Å². The van der Waals surface area contributed by atoms with Gasteiger partial charge in [-0.1, -0.05) is 6.07 Å². The van der Waals surface area contributed by atoms with E-state index in [1.165, 1.54) is 30.1 Å². The van der Waals surface area contributed by atoms with Crippen LogP contribution in [0.5, 0.6) is 5.75 Å². The highest BCUT2D eigenvalue weighted by Gasteiger charge is 2.20. The highest BCUT2D eigenvalue weighted by atomic mass is 32.2. The molecule has 1 heterocycles. The van der Waals surface area contributed by atoms with Crippen molar-refractivity contribution in [2.75, 3.05) is 66.5 Å². The molecule has 4 aromatic rings. The highest BCUT2D eigenvalue weighted by Crippen LogP contribution is 2.42. The van der Waals surface area contributed by atoms with Gasteiger partial charge in [0.1, 0.15) is 22.0 Å². The van der Waals surface area contributed by atoms with Crippen LogP contribution in [-0.4, -0.2) is 115 Å². The normalized spacial score (nSPS) is 12.4. The van der Waals surface area contributed by atoms with Crippen LogP contribution in [0.3, 0.4) is 0 Å². The van der Waals surface area contributed by atoms with Gasteiger partial charge in [0, 0.05) is 38.4 Å². The summed E-state index contributed by atoms with van der Waals surface area (Å²) in [4.78, 5) is 12.7. The van der Waals surface area contributed by atoms with E-state index < -0.39 is 57.3 Å². The van der Waals surface area contributed by atoms with E-state index in [9.17, 15) is 49.7 Å². The molecule has 1 aromatic heterocycles. The second-order valence-electron chi connectivity index (χ2n) is 10.1. The second kappa shape index (κ2) is 15.4. The number of hydrogen-bond acceptors (Lipinski definition) is 18. The molecule has 0 saturated carbocycles. The van der Waals surface area contributed by atoms with Gasteiger partial charge in [0.15, 0.2) is 0 Å². The van der Waals surface area contributed by atoms with Gasteiger partial charge in [-0.25, -0.2) is 0 Å². The summed E-state index contributed by atoms with van der Waals surface area (Å²) < 4.78 is 98.7. The summed E-state index contributed by atoms with van der Waals surface area (Å²) in [7, 11) is -12.4. The monoisotopic (exact) mass is 757 g/mol. The Morgan fingerprint density at radius 2 is 1.50 bits per heavy atom. The average Bonchev–Trinajstić information content (AvgIpc) is 3.01. The van der Waals surface area contributed by atoms with Crippen molar-refractivity contribution < 1.29 is 54.2 Å². The van der Waals surface area contributed by atoms with Gasteiger partial charge in [-0.3, -0.25) is 13.7 Å². The molecule has 0 radical (unpaired) electrons. The van der Waals surface area contributed by atoms with Gasteiger partial charge < -0.3 is 36.2 Å². The van der Waals surface area contributed by atoms with Crippen molar-refractivity contribution in [3.05, 3.63) is 42.5 Å². The Hall–Kier alpha value is -4.82. The van der Waals surface area contributed by atoms with E-state index in [0.717, 1.165) is 24.3 Å². The Morgan fingerprint density at radius 1 is 0.820 bits per heavy atom. The maximum atomic E-state index is 12.3. The molecule has 0 bridgehead atoms. The first kappa shape index (κ1) is 38.0. The standard InChI is InChI=1S/C26H31N9O12S3/c1-27-18-4-2-15-12-17(49(42,43)44)14-20(38)22(15)23(18)34-33-19-13-16(3-5-21(19)50(45,46)47)29-25-30-24(28-6-11-48(39,40)41)31-26(32-25)35(7-9-36)8-10-37/h2-5,12-14,27,36-38H,6-11H2,1H3,(H,39,40,41)(H,42,43,44)(H,45,46,47)(H2,28,29,30,31,32). The maximum Gasteiger partial charge on any atom is 0.296 e. The lowest BCUT2D eigenvalue weighted by molar-refractivity contribution is 0.280. The first-order valence-corrected chi connectivity index (χ1v) is 18.6. The number of nitrogens with zero attached hydrogens (tertiary/aromatic N) is 6. The van der Waals surface area contributed by atoms with Gasteiger partial charge in [-0.2, -0.15) is 40.2 Å². The Bertz CT molecular complexity index is 2250. The summed E-state index contributed by atoms with van der Waals surface area (Å²) in [6, 6.07) is 8.11. The first-order valence-electron chi connectivity index (χ1n) is 14.1. The second-order valence-corrected chi connectivity index (χ2v) is 14.5. The molecular formula is C26H31N9O12S3. The van der Waals surface area contributed by atoms with Crippen molar-refractivity contribution in [3.63, 3.8) is 0 Å². The molecule has 270 valence electrons. The molecule has 3 aromatic carbocycles. The third-order valence-corrected chi connectivity index (χ3v) is 9.10. The van der Waals surface area contributed by atoms with Crippen LogP contribution in [0.15, 0.2) is 62.5 Å². The molecule has 0 atom stereocenters. The van der Waals surface area contributed by atoms with Crippen LogP contribution >= 0.6 is 0 Å². The molecule has 0 amide bonds.